The van der Waals surface area contributed by atoms with E-state index in [-0.39, 0.29) is 5.91 Å². The second-order valence-electron chi connectivity index (χ2n) is 10.6. The number of anilines is 1. The van der Waals surface area contributed by atoms with Crippen LogP contribution in [0.5, 0.6) is 0 Å². The van der Waals surface area contributed by atoms with Crippen molar-refractivity contribution < 1.29 is 9.53 Å². The Hall–Kier alpha value is -1.77. The summed E-state index contributed by atoms with van der Waals surface area (Å²) in [6.07, 6.45) is 10.5. The summed E-state index contributed by atoms with van der Waals surface area (Å²) in [5.74, 6) is 2.76. The molecule has 4 aliphatic rings. The van der Waals surface area contributed by atoms with Crippen molar-refractivity contribution in [1.82, 2.24) is 19.8 Å². The number of likely N-dealkylation sites (tertiary alicyclic amines) is 1. The third-order valence-electron chi connectivity index (χ3n) is 8.81. The highest BCUT2D eigenvalue weighted by molar-refractivity contribution is 7.20. The largest absolute Gasteiger partial charge is 0.379 e. The molecule has 2 aromatic rings. The molecule has 0 bridgehead atoms. The Morgan fingerprint density at radius 1 is 0.971 bits per heavy atom. The van der Waals surface area contributed by atoms with E-state index in [1.165, 1.54) is 32.1 Å². The molecule has 34 heavy (non-hydrogen) atoms. The number of nitrogens with zero attached hydrogens (tertiary/aromatic N) is 5. The molecule has 184 valence electrons. The van der Waals surface area contributed by atoms with E-state index < -0.39 is 0 Å². The first-order valence-corrected chi connectivity index (χ1v) is 14.1. The van der Waals surface area contributed by atoms with E-state index >= 15 is 0 Å². The summed E-state index contributed by atoms with van der Waals surface area (Å²) in [6.45, 7) is 9.76. The van der Waals surface area contributed by atoms with Crippen LogP contribution in [0.25, 0.3) is 10.2 Å². The Morgan fingerprint density at radius 2 is 1.74 bits per heavy atom. The fraction of sp³-hybridized carbons (Fsp3) is 0.731. The number of aryl methyl sites for hydroxylation is 1. The van der Waals surface area contributed by atoms with Crippen LogP contribution in [0.15, 0.2) is 6.33 Å². The number of morpholine rings is 1. The third kappa shape index (κ3) is 4.22. The van der Waals surface area contributed by atoms with Gasteiger partial charge in [-0.15, -0.1) is 11.3 Å². The smallest absolute Gasteiger partial charge is 0.264 e. The summed E-state index contributed by atoms with van der Waals surface area (Å²) in [6, 6.07) is 0.640. The highest BCUT2D eigenvalue weighted by atomic mass is 32.1. The lowest BCUT2D eigenvalue weighted by Crippen LogP contribution is -2.49. The van der Waals surface area contributed by atoms with Crippen molar-refractivity contribution in [3.05, 3.63) is 16.8 Å². The fourth-order valence-electron chi connectivity index (χ4n) is 6.81. The normalized spacial score (nSPS) is 27.2. The van der Waals surface area contributed by atoms with Gasteiger partial charge in [0.1, 0.15) is 17.0 Å². The minimum Gasteiger partial charge on any atom is -0.379 e. The highest BCUT2D eigenvalue weighted by Crippen LogP contribution is 2.39. The van der Waals surface area contributed by atoms with E-state index in [1.54, 1.807) is 17.7 Å². The molecule has 3 saturated heterocycles. The molecular weight excluding hydrogens is 446 g/mol. The van der Waals surface area contributed by atoms with Gasteiger partial charge < -0.3 is 14.5 Å². The lowest BCUT2D eigenvalue weighted by atomic mass is 9.75. The molecule has 0 radical (unpaired) electrons. The zero-order chi connectivity index (χ0) is 23.1. The van der Waals surface area contributed by atoms with E-state index in [2.05, 4.69) is 26.6 Å². The molecule has 1 aliphatic carbocycles. The summed E-state index contributed by atoms with van der Waals surface area (Å²) in [7, 11) is 0. The van der Waals surface area contributed by atoms with Gasteiger partial charge in [-0.2, -0.15) is 0 Å². The summed E-state index contributed by atoms with van der Waals surface area (Å²) in [4.78, 5) is 31.9. The molecule has 1 amide bonds. The molecule has 2 atom stereocenters. The van der Waals surface area contributed by atoms with Crippen molar-refractivity contribution >= 4 is 33.3 Å². The standard InChI is InChI=1S/C26H37N5O2S/c1-18-22-24(30-10-7-21(8-11-30)29-12-14-33-15-13-29)27-17-28-25(22)34-23(18)26(32)31-9-6-19-4-2-3-5-20(19)16-31/h17,19-21H,2-16H2,1H3/t19-,20-/m0/s1. The molecule has 8 heteroatoms. The van der Waals surface area contributed by atoms with Crippen LogP contribution >= 0.6 is 11.3 Å². The van der Waals surface area contributed by atoms with Gasteiger partial charge in [-0.25, -0.2) is 9.97 Å². The lowest BCUT2D eigenvalue weighted by molar-refractivity contribution is 0.0115. The zero-order valence-electron chi connectivity index (χ0n) is 20.4. The summed E-state index contributed by atoms with van der Waals surface area (Å²) in [5, 5.41) is 1.09. The van der Waals surface area contributed by atoms with Crippen LogP contribution in [0.4, 0.5) is 5.82 Å². The molecular formula is C26H37N5O2S. The number of hydrogen-bond donors (Lipinski definition) is 0. The van der Waals surface area contributed by atoms with Crippen LogP contribution in [0, 0.1) is 18.8 Å². The molecule has 1 saturated carbocycles. The summed E-state index contributed by atoms with van der Waals surface area (Å²) >= 11 is 1.57. The monoisotopic (exact) mass is 483 g/mol. The average Bonchev–Trinajstić information content (AvgIpc) is 3.25. The average molecular weight is 484 g/mol. The van der Waals surface area contributed by atoms with Gasteiger partial charge in [-0.05, 0) is 50.0 Å². The van der Waals surface area contributed by atoms with Gasteiger partial charge >= 0.3 is 0 Å². The lowest BCUT2D eigenvalue weighted by Gasteiger charge is -2.41. The Kier molecular flexibility index (Phi) is 6.47. The van der Waals surface area contributed by atoms with Gasteiger partial charge in [0, 0.05) is 45.3 Å². The Bertz CT molecular complexity index is 1030. The van der Waals surface area contributed by atoms with E-state index in [1.807, 2.05) is 0 Å². The number of rotatable bonds is 3. The van der Waals surface area contributed by atoms with Gasteiger partial charge in [-0.1, -0.05) is 19.3 Å². The predicted molar refractivity (Wildman–Crippen MR) is 136 cm³/mol. The van der Waals surface area contributed by atoms with Crippen molar-refractivity contribution in [2.24, 2.45) is 11.8 Å². The maximum absolute atomic E-state index is 13.6. The minimum absolute atomic E-state index is 0.210. The summed E-state index contributed by atoms with van der Waals surface area (Å²) < 4.78 is 5.53. The zero-order valence-corrected chi connectivity index (χ0v) is 21.2. The molecule has 5 heterocycles. The van der Waals surface area contributed by atoms with E-state index in [4.69, 9.17) is 9.72 Å². The van der Waals surface area contributed by atoms with Crippen LogP contribution in [0.2, 0.25) is 0 Å². The van der Waals surface area contributed by atoms with Gasteiger partial charge in [-0.3, -0.25) is 9.69 Å². The third-order valence-corrected chi connectivity index (χ3v) is 9.99. The van der Waals surface area contributed by atoms with Gasteiger partial charge in [0.25, 0.3) is 5.91 Å². The maximum atomic E-state index is 13.6. The first-order valence-electron chi connectivity index (χ1n) is 13.3. The number of aromatic nitrogens is 2. The van der Waals surface area contributed by atoms with Crippen molar-refractivity contribution in [1.29, 1.82) is 0 Å². The fourth-order valence-corrected chi connectivity index (χ4v) is 7.92. The number of carbonyl (C=O) groups is 1. The van der Waals surface area contributed by atoms with Gasteiger partial charge in [0.15, 0.2) is 0 Å². The second-order valence-corrected chi connectivity index (χ2v) is 11.6. The molecule has 4 fully saturated rings. The first-order chi connectivity index (χ1) is 16.7. The topological polar surface area (TPSA) is 61.8 Å². The second kappa shape index (κ2) is 9.70. The Balaban J connectivity index is 1.20. The van der Waals surface area contributed by atoms with Gasteiger partial charge in [0.05, 0.1) is 23.5 Å². The van der Waals surface area contributed by atoms with Crippen LogP contribution in [0.1, 0.15) is 60.2 Å². The SMILES string of the molecule is Cc1c(C(=O)N2CC[C@@H]3CCCC[C@H]3C2)sc2ncnc(N3CCC(N4CCOCC4)CC3)c12. The summed E-state index contributed by atoms with van der Waals surface area (Å²) in [5.41, 5.74) is 1.07. The van der Waals surface area contributed by atoms with Crippen LogP contribution in [-0.4, -0.2) is 84.2 Å². The van der Waals surface area contributed by atoms with E-state index in [0.29, 0.717) is 12.0 Å². The maximum Gasteiger partial charge on any atom is 0.264 e. The number of fused-ring (bicyclic) bond motifs is 2. The Morgan fingerprint density at radius 3 is 2.53 bits per heavy atom. The van der Waals surface area contributed by atoms with E-state index in [0.717, 1.165) is 97.7 Å². The number of carbonyl (C=O) groups excluding carboxylic acids is 1. The van der Waals surface area contributed by atoms with Crippen molar-refractivity contribution in [3.63, 3.8) is 0 Å². The quantitative estimate of drug-likeness (QED) is 0.659. The molecule has 0 unspecified atom stereocenters. The molecule has 7 nitrogen and oxygen atoms in total. The van der Waals surface area contributed by atoms with Crippen LogP contribution in [0.3, 0.4) is 0 Å². The Labute approximate surface area is 206 Å². The number of thiophene rings is 1. The molecule has 0 aromatic carbocycles. The molecule has 3 aliphatic heterocycles. The van der Waals surface area contributed by atoms with Crippen LogP contribution in [-0.2, 0) is 4.74 Å². The van der Waals surface area contributed by atoms with Crippen LogP contribution < -0.4 is 4.90 Å². The van der Waals surface area contributed by atoms with Crippen molar-refractivity contribution in [2.75, 3.05) is 57.4 Å². The predicted octanol–water partition coefficient (Wildman–Crippen LogP) is 3.95. The molecule has 0 spiro atoms. The van der Waals surface area contributed by atoms with Crippen molar-refractivity contribution in [3.8, 4) is 0 Å². The number of amides is 1. The molecule has 6 rings (SSSR count). The number of piperidine rings is 2. The highest BCUT2D eigenvalue weighted by Gasteiger charge is 2.35. The van der Waals surface area contributed by atoms with E-state index in [9.17, 15) is 4.79 Å². The molecule has 0 N–H and O–H groups in total. The number of ether oxygens (including phenoxy) is 1. The molecule has 2 aromatic heterocycles. The van der Waals surface area contributed by atoms with Gasteiger partial charge in [0.2, 0.25) is 0 Å². The van der Waals surface area contributed by atoms with Crippen molar-refractivity contribution in [2.45, 2.75) is 57.9 Å². The number of hydrogen-bond acceptors (Lipinski definition) is 7. The first kappa shape index (κ1) is 22.7. The minimum atomic E-state index is 0.210.